The van der Waals surface area contributed by atoms with Gasteiger partial charge in [0, 0.05) is 22.7 Å². The van der Waals surface area contributed by atoms with E-state index in [4.69, 9.17) is 4.74 Å². The minimum atomic E-state index is -3.50. The Labute approximate surface area is 152 Å². The molecule has 0 unspecified atom stereocenters. The number of methoxy groups -OCH3 is 1. The average molecular weight is 367 g/mol. The quantitative estimate of drug-likeness (QED) is 0.713. The normalized spacial score (nSPS) is 11.0. The number of benzene rings is 2. The number of sulfone groups is 1. The number of aromatic nitrogens is 2. The van der Waals surface area contributed by atoms with Gasteiger partial charge in [0.05, 0.1) is 17.7 Å². The van der Waals surface area contributed by atoms with Crippen LogP contribution in [0.2, 0.25) is 0 Å². The molecule has 0 atom stereocenters. The summed E-state index contributed by atoms with van der Waals surface area (Å²) in [6.07, 6.45) is 1.44. The monoisotopic (exact) mass is 367 g/mol. The molecule has 0 radical (unpaired) electrons. The molecule has 0 amide bonds. The standard InChI is InChI=1S/C19H17N3O3S/c1-3-26(23,24)15-8-6-7-14(11-15)22-19-12-17(20-13-21-19)16-9-4-5-10-18(16)25-2/h3-13H,1H2,2H3,(H,20,21,22). The van der Waals surface area contributed by atoms with E-state index in [9.17, 15) is 8.42 Å². The van der Waals surface area contributed by atoms with Crippen LogP contribution in [0.1, 0.15) is 0 Å². The molecule has 6 nitrogen and oxygen atoms in total. The summed E-state index contributed by atoms with van der Waals surface area (Å²) >= 11 is 0. The second kappa shape index (κ2) is 7.37. The molecule has 0 fully saturated rings. The summed E-state index contributed by atoms with van der Waals surface area (Å²) < 4.78 is 29.2. The summed E-state index contributed by atoms with van der Waals surface area (Å²) in [5, 5.41) is 4.02. The SMILES string of the molecule is C=CS(=O)(=O)c1cccc(Nc2cc(-c3ccccc3OC)ncn2)c1. The topological polar surface area (TPSA) is 81.2 Å². The fourth-order valence-electron chi connectivity index (χ4n) is 2.42. The van der Waals surface area contributed by atoms with Gasteiger partial charge in [0.2, 0.25) is 0 Å². The zero-order valence-electron chi connectivity index (χ0n) is 14.1. The van der Waals surface area contributed by atoms with Gasteiger partial charge in [-0.05, 0) is 30.3 Å². The van der Waals surface area contributed by atoms with E-state index < -0.39 is 9.84 Å². The van der Waals surface area contributed by atoms with Crippen LogP contribution in [0.3, 0.4) is 0 Å². The molecule has 1 heterocycles. The Morgan fingerprint density at radius 3 is 2.65 bits per heavy atom. The van der Waals surface area contributed by atoms with Crippen molar-refractivity contribution in [1.29, 1.82) is 0 Å². The molecule has 3 rings (SSSR count). The van der Waals surface area contributed by atoms with Gasteiger partial charge in [-0.3, -0.25) is 0 Å². The Balaban J connectivity index is 1.93. The molecule has 0 saturated heterocycles. The predicted octanol–water partition coefficient (Wildman–Crippen LogP) is 3.81. The number of rotatable bonds is 6. The van der Waals surface area contributed by atoms with E-state index in [1.54, 1.807) is 25.3 Å². The summed E-state index contributed by atoms with van der Waals surface area (Å²) in [5.41, 5.74) is 2.12. The summed E-state index contributed by atoms with van der Waals surface area (Å²) in [6, 6.07) is 15.8. The van der Waals surface area contributed by atoms with E-state index in [-0.39, 0.29) is 4.90 Å². The Kier molecular flexibility index (Phi) is 4.99. The van der Waals surface area contributed by atoms with Crippen LogP contribution in [-0.2, 0) is 9.84 Å². The van der Waals surface area contributed by atoms with Crippen molar-refractivity contribution in [2.75, 3.05) is 12.4 Å². The molecule has 0 bridgehead atoms. The van der Waals surface area contributed by atoms with Crippen LogP contribution in [0, 0.1) is 0 Å². The lowest BCUT2D eigenvalue weighted by atomic mass is 10.1. The van der Waals surface area contributed by atoms with E-state index in [0.717, 1.165) is 11.0 Å². The number of nitrogens with zero attached hydrogens (tertiary/aromatic N) is 2. The molecule has 3 aromatic rings. The highest BCUT2D eigenvalue weighted by Gasteiger charge is 2.11. The largest absolute Gasteiger partial charge is 0.496 e. The molecule has 0 aliphatic carbocycles. The fourth-order valence-corrected chi connectivity index (χ4v) is 3.18. The Hall–Kier alpha value is -3.19. The van der Waals surface area contributed by atoms with E-state index in [0.29, 0.717) is 22.9 Å². The highest BCUT2D eigenvalue weighted by molar-refractivity contribution is 7.94. The van der Waals surface area contributed by atoms with Crippen molar-refractivity contribution in [1.82, 2.24) is 9.97 Å². The summed E-state index contributed by atoms with van der Waals surface area (Å²) in [6.45, 7) is 3.34. The first kappa shape index (κ1) is 17.6. The van der Waals surface area contributed by atoms with Gasteiger partial charge in [-0.1, -0.05) is 24.8 Å². The van der Waals surface area contributed by atoms with Crippen molar-refractivity contribution in [3.8, 4) is 17.0 Å². The molecule has 0 saturated carbocycles. The first-order chi connectivity index (χ1) is 12.5. The maximum atomic E-state index is 11.9. The second-order valence-electron chi connectivity index (χ2n) is 5.35. The van der Waals surface area contributed by atoms with Crippen molar-refractivity contribution in [2.24, 2.45) is 0 Å². The molecule has 7 heteroatoms. The van der Waals surface area contributed by atoms with Crippen LogP contribution < -0.4 is 10.1 Å². The third kappa shape index (κ3) is 3.73. The number of ether oxygens (including phenoxy) is 1. The highest BCUT2D eigenvalue weighted by atomic mass is 32.2. The van der Waals surface area contributed by atoms with Gasteiger partial charge in [0.25, 0.3) is 0 Å². The van der Waals surface area contributed by atoms with E-state index in [1.807, 2.05) is 24.3 Å². The number of hydrogen-bond donors (Lipinski definition) is 1. The third-order valence-corrected chi connectivity index (χ3v) is 5.05. The predicted molar refractivity (Wildman–Crippen MR) is 101 cm³/mol. The second-order valence-corrected chi connectivity index (χ2v) is 7.25. The molecule has 0 spiro atoms. The summed E-state index contributed by atoms with van der Waals surface area (Å²) in [5.74, 6) is 1.24. The smallest absolute Gasteiger partial charge is 0.199 e. The lowest BCUT2D eigenvalue weighted by Gasteiger charge is -2.10. The average Bonchev–Trinajstić information content (AvgIpc) is 2.68. The molecule has 1 aromatic heterocycles. The van der Waals surface area contributed by atoms with E-state index >= 15 is 0 Å². The lowest BCUT2D eigenvalue weighted by molar-refractivity contribution is 0.416. The van der Waals surface area contributed by atoms with Gasteiger partial charge in [-0.2, -0.15) is 0 Å². The molecule has 2 aromatic carbocycles. The van der Waals surface area contributed by atoms with E-state index in [1.165, 1.54) is 18.5 Å². The zero-order valence-corrected chi connectivity index (χ0v) is 14.9. The number of para-hydroxylation sites is 1. The number of hydrogen-bond acceptors (Lipinski definition) is 6. The molecule has 1 N–H and O–H groups in total. The van der Waals surface area contributed by atoms with Crippen molar-refractivity contribution in [3.63, 3.8) is 0 Å². The van der Waals surface area contributed by atoms with Gasteiger partial charge in [-0.15, -0.1) is 0 Å². The Morgan fingerprint density at radius 1 is 1.08 bits per heavy atom. The first-order valence-electron chi connectivity index (χ1n) is 7.73. The van der Waals surface area contributed by atoms with E-state index in [2.05, 4.69) is 21.9 Å². The van der Waals surface area contributed by atoms with Crippen molar-refractivity contribution >= 4 is 21.3 Å². The van der Waals surface area contributed by atoms with Crippen LogP contribution >= 0.6 is 0 Å². The first-order valence-corrected chi connectivity index (χ1v) is 9.28. The third-order valence-electron chi connectivity index (χ3n) is 3.70. The Morgan fingerprint density at radius 2 is 1.88 bits per heavy atom. The number of anilines is 2. The van der Waals surface area contributed by atoms with Crippen LogP contribution in [0.15, 0.2) is 77.8 Å². The maximum absolute atomic E-state index is 11.9. The molecule has 0 aliphatic heterocycles. The Bertz CT molecular complexity index is 1050. The molecule has 26 heavy (non-hydrogen) atoms. The van der Waals surface area contributed by atoms with Crippen LogP contribution in [0.25, 0.3) is 11.3 Å². The molecular formula is C19H17N3O3S. The van der Waals surface area contributed by atoms with Gasteiger partial charge < -0.3 is 10.1 Å². The van der Waals surface area contributed by atoms with Gasteiger partial charge in [0.15, 0.2) is 9.84 Å². The van der Waals surface area contributed by atoms with Gasteiger partial charge in [0.1, 0.15) is 17.9 Å². The maximum Gasteiger partial charge on any atom is 0.199 e. The molecule has 132 valence electrons. The zero-order chi connectivity index (χ0) is 18.6. The molecule has 0 aliphatic rings. The van der Waals surface area contributed by atoms with Gasteiger partial charge >= 0.3 is 0 Å². The van der Waals surface area contributed by atoms with Gasteiger partial charge in [-0.25, -0.2) is 18.4 Å². The highest BCUT2D eigenvalue weighted by Crippen LogP contribution is 2.29. The lowest BCUT2D eigenvalue weighted by Crippen LogP contribution is -1.99. The van der Waals surface area contributed by atoms with Crippen LogP contribution in [0.5, 0.6) is 5.75 Å². The van der Waals surface area contributed by atoms with Crippen molar-refractivity contribution in [2.45, 2.75) is 4.90 Å². The summed E-state index contributed by atoms with van der Waals surface area (Å²) in [7, 11) is -1.90. The number of nitrogens with one attached hydrogen (secondary N) is 1. The minimum Gasteiger partial charge on any atom is -0.496 e. The minimum absolute atomic E-state index is 0.163. The van der Waals surface area contributed by atoms with Crippen LogP contribution in [0.4, 0.5) is 11.5 Å². The van der Waals surface area contributed by atoms with Crippen molar-refractivity contribution < 1.29 is 13.2 Å². The van der Waals surface area contributed by atoms with Crippen molar-refractivity contribution in [3.05, 3.63) is 72.9 Å². The fraction of sp³-hybridized carbons (Fsp3) is 0.0526. The summed E-state index contributed by atoms with van der Waals surface area (Å²) in [4.78, 5) is 8.65. The molecular weight excluding hydrogens is 350 g/mol. The van der Waals surface area contributed by atoms with Crippen LogP contribution in [-0.4, -0.2) is 25.5 Å².